The van der Waals surface area contributed by atoms with Gasteiger partial charge in [-0.15, -0.1) is 0 Å². The van der Waals surface area contributed by atoms with Crippen LogP contribution in [0.1, 0.15) is 6.42 Å². The molecule has 6 heavy (non-hydrogen) atoms. The van der Waals surface area contributed by atoms with E-state index in [1.165, 1.54) is 0 Å². The number of nitriles is 1. The van der Waals surface area contributed by atoms with E-state index >= 15 is 0 Å². The Morgan fingerprint density at radius 1 is 1.83 bits per heavy atom. The van der Waals surface area contributed by atoms with Crippen molar-refractivity contribution in [1.82, 2.24) is 0 Å². The van der Waals surface area contributed by atoms with E-state index in [0.29, 0.717) is 6.29 Å². The normalized spacial score (nSPS) is 4.50. The summed E-state index contributed by atoms with van der Waals surface area (Å²) in [6, 6.07) is 1.65. The molecule has 0 aromatic heterocycles. The zero-order valence-corrected chi connectivity index (χ0v) is 5.64. The van der Waals surface area contributed by atoms with Gasteiger partial charge in [0.25, 0.3) is 0 Å². The summed E-state index contributed by atoms with van der Waals surface area (Å²) >= 11 is 0. The van der Waals surface area contributed by atoms with Crippen molar-refractivity contribution < 1.29 is 34.4 Å². The van der Waals surface area contributed by atoms with Gasteiger partial charge in [-0.25, -0.2) is 0 Å². The molecule has 0 heterocycles. The van der Waals surface area contributed by atoms with Gasteiger partial charge in [0, 0.05) is 0 Å². The monoisotopic (exact) mass is 92.0 g/mol. The molecule has 0 unspecified atom stereocenters. The van der Waals surface area contributed by atoms with Gasteiger partial charge < -0.3 is 4.79 Å². The van der Waals surface area contributed by atoms with E-state index in [-0.39, 0.29) is 36.0 Å². The van der Waals surface area contributed by atoms with Crippen LogP contribution < -0.4 is 29.6 Å². The molecule has 0 aromatic carbocycles. The number of aldehydes is 1. The molecule has 0 atom stereocenters. The minimum absolute atomic E-state index is 0. The quantitative estimate of drug-likeness (QED) is 0.257. The van der Waals surface area contributed by atoms with Crippen LogP contribution in [-0.4, -0.2) is 6.29 Å². The van der Waals surface area contributed by atoms with Gasteiger partial charge in [0.2, 0.25) is 0 Å². The van der Waals surface area contributed by atoms with E-state index in [9.17, 15) is 4.79 Å². The summed E-state index contributed by atoms with van der Waals surface area (Å²) in [6.45, 7) is 0. The summed E-state index contributed by atoms with van der Waals surface area (Å²) in [6.07, 6.45) is 0.583. The van der Waals surface area contributed by atoms with Gasteiger partial charge in [-0.2, -0.15) is 5.26 Å². The third-order valence-electron chi connectivity index (χ3n) is 0.175. The molecule has 0 spiro atoms. The summed E-state index contributed by atoms with van der Waals surface area (Å²) in [4.78, 5) is 9.18. The van der Waals surface area contributed by atoms with Crippen molar-refractivity contribution in [3.05, 3.63) is 0 Å². The van der Waals surface area contributed by atoms with Gasteiger partial charge in [-0.05, 0) is 0 Å². The summed E-state index contributed by atoms with van der Waals surface area (Å²) < 4.78 is 0. The molecular formula is C3H3NNaO+. The van der Waals surface area contributed by atoms with Crippen LogP contribution in [0.4, 0.5) is 0 Å². The zero-order valence-electron chi connectivity index (χ0n) is 3.64. The Labute approximate surface area is 58.4 Å². The van der Waals surface area contributed by atoms with E-state index in [4.69, 9.17) is 5.26 Å². The second kappa shape index (κ2) is 8.94. The first-order chi connectivity index (χ1) is 2.41. The van der Waals surface area contributed by atoms with Crippen molar-refractivity contribution >= 4 is 6.29 Å². The minimum atomic E-state index is 0. The SMILES string of the molecule is N#CCC=O.[Na+]. The fourth-order valence-electron chi connectivity index (χ4n) is 0.0373. The molecule has 0 amide bonds. The molecule has 0 aromatic rings. The topological polar surface area (TPSA) is 40.9 Å². The number of hydrogen-bond donors (Lipinski definition) is 0. The van der Waals surface area contributed by atoms with E-state index in [2.05, 4.69) is 0 Å². The number of hydrogen-bond acceptors (Lipinski definition) is 2. The number of carbonyl (C=O) groups excluding carboxylic acids is 1. The van der Waals surface area contributed by atoms with Crippen LogP contribution in [0, 0.1) is 11.3 Å². The Balaban J connectivity index is 0. The Hall–Kier alpha value is 0.160. The van der Waals surface area contributed by atoms with Gasteiger partial charge in [0.15, 0.2) is 0 Å². The van der Waals surface area contributed by atoms with Crippen molar-refractivity contribution in [3.8, 4) is 6.07 Å². The molecule has 0 aliphatic rings. The van der Waals surface area contributed by atoms with E-state index < -0.39 is 0 Å². The Morgan fingerprint density at radius 3 is 2.33 bits per heavy atom. The first kappa shape index (κ1) is 9.48. The van der Waals surface area contributed by atoms with Gasteiger partial charge in [-0.1, -0.05) is 0 Å². The average Bonchev–Trinajstić information content (AvgIpc) is 1.41. The molecular weight excluding hydrogens is 89.0 g/mol. The number of carbonyl (C=O) groups is 1. The van der Waals surface area contributed by atoms with E-state index in [1.807, 2.05) is 0 Å². The van der Waals surface area contributed by atoms with E-state index in [1.54, 1.807) is 6.07 Å². The van der Waals surface area contributed by atoms with Gasteiger partial charge in [0.05, 0.1) is 12.5 Å². The molecule has 0 aliphatic carbocycles. The van der Waals surface area contributed by atoms with Crippen molar-refractivity contribution in [3.63, 3.8) is 0 Å². The number of rotatable bonds is 1. The van der Waals surface area contributed by atoms with Crippen LogP contribution in [0.5, 0.6) is 0 Å². The average molecular weight is 92.1 g/mol. The van der Waals surface area contributed by atoms with Crippen molar-refractivity contribution in [2.75, 3.05) is 0 Å². The standard InChI is InChI=1S/C3H3NO.Na/c4-2-1-3-5;/h3H,1H2;/q;+1. The molecule has 0 fully saturated rings. The van der Waals surface area contributed by atoms with Crippen LogP contribution in [-0.2, 0) is 4.79 Å². The fraction of sp³-hybridized carbons (Fsp3) is 0.333. The molecule has 0 rings (SSSR count). The second-order valence-electron chi connectivity index (χ2n) is 0.529. The van der Waals surface area contributed by atoms with Crippen LogP contribution in [0.2, 0.25) is 0 Å². The summed E-state index contributed by atoms with van der Waals surface area (Å²) in [5.74, 6) is 0. The molecule has 0 aliphatic heterocycles. The first-order valence-corrected chi connectivity index (χ1v) is 1.22. The first-order valence-electron chi connectivity index (χ1n) is 1.22. The van der Waals surface area contributed by atoms with Crippen molar-refractivity contribution in [2.24, 2.45) is 0 Å². The van der Waals surface area contributed by atoms with Gasteiger partial charge in [0.1, 0.15) is 6.29 Å². The summed E-state index contributed by atoms with van der Waals surface area (Å²) in [5, 5.41) is 7.58. The predicted octanol–water partition coefficient (Wildman–Crippen LogP) is -2.90. The molecule has 0 bridgehead atoms. The Bertz CT molecular complexity index is 65.7. The largest absolute Gasteiger partial charge is 1.00 e. The molecule has 0 saturated heterocycles. The number of nitrogens with zero attached hydrogens (tertiary/aromatic N) is 1. The second-order valence-corrected chi connectivity index (χ2v) is 0.529. The van der Waals surface area contributed by atoms with E-state index in [0.717, 1.165) is 0 Å². The molecule has 3 heteroatoms. The third kappa shape index (κ3) is 8.90. The molecule has 0 radical (unpaired) electrons. The maximum atomic E-state index is 9.18. The van der Waals surface area contributed by atoms with Crippen LogP contribution >= 0.6 is 0 Å². The van der Waals surface area contributed by atoms with Crippen molar-refractivity contribution in [2.45, 2.75) is 6.42 Å². The Kier molecular flexibility index (Phi) is 14.1. The van der Waals surface area contributed by atoms with Crippen LogP contribution in [0.3, 0.4) is 0 Å². The van der Waals surface area contributed by atoms with Crippen LogP contribution in [0.25, 0.3) is 0 Å². The smallest absolute Gasteiger partial charge is 0.302 e. The minimum Gasteiger partial charge on any atom is -0.302 e. The van der Waals surface area contributed by atoms with Gasteiger partial charge in [-0.3, -0.25) is 0 Å². The van der Waals surface area contributed by atoms with Gasteiger partial charge >= 0.3 is 29.6 Å². The molecule has 0 saturated carbocycles. The maximum Gasteiger partial charge on any atom is 1.00 e. The van der Waals surface area contributed by atoms with Crippen LogP contribution in [0.15, 0.2) is 0 Å². The van der Waals surface area contributed by atoms with Crippen molar-refractivity contribution in [1.29, 1.82) is 5.26 Å². The molecule has 26 valence electrons. The summed E-state index contributed by atoms with van der Waals surface area (Å²) in [7, 11) is 0. The molecule has 2 nitrogen and oxygen atoms in total. The maximum absolute atomic E-state index is 9.18. The predicted molar refractivity (Wildman–Crippen MR) is 16.3 cm³/mol. The third-order valence-corrected chi connectivity index (χ3v) is 0.175. The zero-order chi connectivity index (χ0) is 4.12. The Morgan fingerprint density at radius 2 is 2.33 bits per heavy atom. The fourth-order valence-corrected chi connectivity index (χ4v) is 0.0373. The molecule has 0 N–H and O–H groups in total. The summed E-state index contributed by atoms with van der Waals surface area (Å²) in [5.41, 5.74) is 0.